The number of benzene rings is 1. The molecule has 2 aromatic rings. The van der Waals surface area contributed by atoms with Crippen molar-refractivity contribution in [1.29, 1.82) is 0 Å². The van der Waals surface area contributed by atoms with Crippen LogP contribution in [0.5, 0.6) is 0 Å². The van der Waals surface area contributed by atoms with Crippen LogP contribution in [0.1, 0.15) is 30.3 Å². The minimum atomic E-state index is -0.660. The van der Waals surface area contributed by atoms with Crippen molar-refractivity contribution in [3.63, 3.8) is 0 Å². The summed E-state index contributed by atoms with van der Waals surface area (Å²) in [6, 6.07) is 9.98. The number of anilines is 1. The van der Waals surface area contributed by atoms with Gasteiger partial charge in [0.2, 0.25) is 5.91 Å². The van der Waals surface area contributed by atoms with Crippen molar-refractivity contribution in [3.05, 3.63) is 63.5 Å². The molecule has 1 aliphatic rings. The van der Waals surface area contributed by atoms with Crippen LogP contribution in [0.25, 0.3) is 0 Å². The first-order valence-electron chi connectivity index (χ1n) is 9.23. The second-order valence-electron chi connectivity index (χ2n) is 6.55. The lowest BCUT2D eigenvalue weighted by atomic mass is 9.94. The smallest absolute Gasteiger partial charge is 0.337 e. The van der Waals surface area contributed by atoms with Crippen LogP contribution in [0.2, 0.25) is 0 Å². The van der Waals surface area contributed by atoms with E-state index in [4.69, 9.17) is 4.74 Å². The first kappa shape index (κ1) is 20.6. The van der Waals surface area contributed by atoms with E-state index in [0.29, 0.717) is 35.5 Å². The van der Waals surface area contributed by atoms with Gasteiger partial charge in [0.15, 0.2) is 0 Å². The Labute approximate surface area is 173 Å². The van der Waals surface area contributed by atoms with Gasteiger partial charge in [0.05, 0.1) is 25.1 Å². The summed E-state index contributed by atoms with van der Waals surface area (Å²) in [5.74, 6) is -0.632. The van der Waals surface area contributed by atoms with E-state index in [1.54, 1.807) is 31.2 Å². The van der Waals surface area contributed by atoms with E-state index in [-0.39, 0.29) is 11.9 Å². The monoisotopic (exact) mass is 413 g/mol. The Morgan fingerprint density at radius 1 is 1.28 bits per heavy atom. The molecule has 3 rings (SSSR count). The lowest BCUT2D eigenvalue weighted by molar-refractivity contribution is -0.136. The molecule has 0 bridgehead atoms. The summed E-state index contributed by atoms with van der Waals surface area (Å²) in [4.78, 5) is 39.7. The Balaban J connectivity index is 1.88. The van der Waals surface area contributed by atoms with Gasteiger partial charge < -0.3 is 15.4 Å². The van der Waals surface area contributed by atoms with Crippen molar-refractivity contribution in [2.45, 2.75) is 26.3 Å². The Kier molecular flexibility index (Phi) is 6.33. The lowest BCUT2D eigenvalue weighted by Gasteiger charge is -2.34. The van der Waals surface area contributed by atoms with E-state index in [0.717, 1.165) is 4.88 Å². The van der Waals surface area contributed by atoms with Crippen LogP contribution in [0.15, 0.2) is 53.0 Å². The van der Waals surface area contributed by atoms with Gasteiger partial charge in [0.25, 0.3) is 0 Å². The van der Waals surface area contributed by atoms with Crippen LogP contribution in [-0.2, 0) is 20.7 Å². The molecule has 0 aliphatic carbocycles. The molecule has 1 unspecified atom stereocenters. The van der Waals surface area contributed by atoms with Crippen molar-refractivity contribution in [2.24, 2.45) is 0 Å². The number of esters is 1. The first-order valence-corrected chi connectivity index (χ1v) is 10.1. The van der Waals surface area contributed by atoms with Gasteiger partial charge in [0, 0.05) is 22.8 Å². The maximum absolute atomic E-state index is 12.5. The van der Waals surface area contributed by atoms with Gasteiger partial charge in [-0.05, 0) is 43.0 Å². The summed E-state index contributed by atoms with van der Waals surface area (Å²) >= 11 is 1.53. The summed E-state index contributed by atoms with van der Waals surface area (Å²) in [7, 11) is 1.31. The number of thiophene rings is 1. The number of rotatable bonds is 6. The lowest BCUT2D eigenvalue weighted by Crippen LogP contribution is -2.47. The standard InChI is InChI=1S/C21H23N3O4S/c1-4-24-13(2)18(20(26)28-3)19(23-21(24)27)14-7-5-8-15(11-14)22-17(25)12-16-9-6-10-29-16/h5-11,19H,4,12H2,1-3H3,(H,22,25)(H,23,27). The minimum absolute atomic E-state index is 0.130. The number of nitrogens with zero attached hydrogens (tertiary/aromatic N) is 1. The minimum Gasteiger partial charge on any atom is -0.466 e. The fraction of sp³-hybridized carbons (Fsp3) is 0.286. The van der Waals surface area contributed by atoms with Crippen LogP contribution in [0.3, 0.4) is 0 Å². The quantitative estimate of drug-likeness (QED) is 0.710. The van der Waals surface area contributed by atoms with Gasteiger partial charge in [-0.15, -0.1) is 11.3 Å². The average Bonchev–Trinajstić information content (AvgIpc) is 3.20. The molecule has 8 heteroatoms. The first-order chi connectivity index (χ1) is 13.9. The number of amides is 3. The maximum atomic E-state index is 12.5. The molecule has 0 radical (unpaired) electrons. The van der Waals surface area contributed by atoms with Crippen LogP contribution >= 0.6 is 11.3 Å². The second-order valence-corrected chi connectivity index (χ2v) is 7.58. The molecule has 3 amide bonds. The summed E-state index contributed by atoms with van der Waals surface area (Å²) in [6.45, 7) is 4.00. The highest BCUT2D eigenvalue weighted by molar-refractivity contribution is 7.10. The van der Waals surface area contributed by atoms with E-state index >= 15 is 0 Å². The van der Waals surface area contributed by atoms with Crippen molar-refractivity contribution in [2.75, 3.05) is 19.0 Å². The van der Waals surface area contributed by atoms with Gasteiger partial charge in [-0.1, -0.05) is 18.2 Å². The SMILES string of the molecule is CCN1C(=O)NC(c2cccc(NC(=O)Cc3cccs3)c2)C(C(=O)OC)=C1C. The van der Waals surface area contributed by atoms with E-state index in [1.807, 2.05) is 24.4 Å². The van der Waals surface area contributed by atoms with Crippen LogP contribution in [0, 0.1) is 0 Å². The Hall–Kier alpha value is -3.13. The molecule has 1 aromatic carbocycles. The van der Waals surface area contributed by atoms with Crippen molar-refractivity contribution < 1.29 is 19.1 Å². The number of carbonyl (C=O) groups excluding carboxylic acids is 3. The molecule has 152 valence electrons. The van der Waals surface area contributed by atoms with Gasteiger partial charge in [-0.3, -0.25) is 9.69 Å². The normalized spacial score (nSPS) is 16.4. The largest absolute Gasteiger partial charge is 0.466 e. The average molecular weight is 413 g/mol. The van der Waals surface area contributed by atoms with Crippen LogP contribution < -0.4 is 10.6 Å². The van der Waals surface area contributed by atoms with Crippen LogP contribution in [0.4, 0.5) is 10.5 Å². The molecule has 1 atom stereocenters. The zero-order valence-corrected chi connectivity index (χ0v) is 17.3. The number of ether oxygens (including phenoxy) is 1. The summed E-state index contributed by atoms with van der Waals surface area (Å²) in [5.41, 5.74) is 2.21. The van der Waals surface area contributed by atoms with Crippen molar-refractivity contribution >= 4 is 34.9 Å². The van der Waals surface area contributed by atoms with Gasteiger partial charge in [-0.2, -0.15) is 0 Å². The molecular formula is C21H23N3O4S. The molecule has 1 aromatic heterocycles. The topological polar surface area (TPSA) is 87.7 Å². The highest BCUT2D eigenvalue weighted by Crippen LogP contribution is 2.32. The number of carbonyl (C=O) groups is 3. The van der Waals surface area contributed by atoms with Crippen LogP contribution in [-0.4, -0.2) is 36.5 Å². The summed E-state index contributed by atoms with van der Waals surface area (Å²) < 4.78 is 4.95. The van der Waals surface area contributed by atoms with E-state index < -0.39 is 12.0 Å². The number of hydrogen-bond acceptors (Lipinski definition) is 5. The molecule has 2 heterocycles. The Morgan fingerprint density at radius 2 is 2.07 bits per heavy atom. The zero-order valence-electron chi connectivity index (χ0n) is 16.5. The molecule has 0 fully saturated rings. The molecule has 0 saturated heterocycles. The van der Waals surface area contributed by atoms with Gasteiger partial charge in [-0.25, -0.2) is 9.59 Å². The molecule has 0 saturated carbocycles. The van der Waals surface area contributed by atoms with Gasteiger partial charge >= 0.3 is 12.0 Å². The van der Waals surface area contributed by atoms with E-state index in [1.165, 1.54) is 23.3 Å². The number of allylic oxidation sites excluding steroid dienone is 1. The number of nitrogens with one attached hydrogen (secondary N) is 2. The predicted molar refractivity (Wildman–Crippen MR) is 111 cm³/mol. The fourth-order valence-electron chi connectivity index (χ4n) is 3.36. The molecular weight excluding hydrogens is 390 g/mol. The predicted octanol–water partition coefficient (Wildman–Crippen LogP) is 3.46. The third-order valence-electron chi connectivity index (χ3n) is 4.74. The highest BCUT2D eigenvalue weighted by Gasteiger charge is 2.35. The fourth-order valence-corrected chi connectivity index (χ4v) is 4.06. The third-order valence-corrected chi connectivity index (χ3v) is 5.61. The zero-order chi connectivity index (χ0) is 21.0. The van der Waals surface area contributed by atoms with Crippen molar-refractivity contribution in [3.8, 4) is 0 Å². The Bertz CT molecular complexity index is 953. The maximum Gasteiger partial charge on any atom is 0.337 e. The molecule has 0 spiro atoms. The second kappa shape index (κ2) is 8.91. The Morgan fingerprint density at radius 3 is 2.72 bits per heavy atom. The molecule has 7 nitrogen and oxygen atoms in total. The summed E-state index contributed by atoms with van der Waals surface area (Å²) in [5, 5.41) is 7.66. The molecule has 2 N–H and O–H groups in total. The highest BCUT2D eigenvalue weighted by atomic mass is 32.1. The number of urea groups is 1. The van der Waals surface area contributed by atoms with Gasteiger partial charge in [0.1, 0.15) is 0 Å². The number of hydrogen-bond donors (Lipinski definition) is 2. The molecule has 29 heavy (non-hydrogen) atoms. The van der Waals surface area contributed by atoms with E-state index in [2.05, 4.69) is 10.6 Å². The summed E-state index contributed by atoms with van der Waals surface area (Å²) in [6.07, 6.45) is 0.292. The molecule has 1 aliphatic heterocycles. The van der Waals surface area contributed by atoms with E-state index in [9.17, 15) is 14.4 Å². The van der Waals surface area contributed by atoms with Crippen molar-refractivity contribution in [1.82, 2.24) is 10.2 Å². The number of methoxy groups -OCH3 is 1. The third kappa shape index (κ3) is 4.48.